The summed E-state index contributed by atoms with van der Waals surface area (Å²) < 4.78 is 14.1. The van der Waals surface area contributed by atoms with E-state index in [4.69, 9.17) is 9.47 Å². The number of benzene rings is 1. The van der Waals surface area contributed by atoms with Gasteiger partial charge in [-0.2, -0.15) is 5.10 Å². The Balaban J connectivity index is 1.48. The Bertz CT molecular complexity index is 1040. The van der Waals surface area contributed by atoms with Gasteiger partial charge in [-0.1, -0.05) is 18.2 Å². The quantitative estimate of drug-likeness (QED) is 0.670. The van der Waals surface area contributed by atoms with Crippen LogP contribution in [0, 0.1) is 6.92 Å². The third-order valence-electron chi connectivity index (χ3n) is 7.41. The first-order valence-electron chi connectivity index (χ1n) is 12.8. The Labute approximate surface area is 208 Å². The lowest BCUT2D eigenvalue weighted by atomic mass is 9.90. The molecule has 1 aromatic carbocycles. The van der Waals surface area contributed by atoms with Gasteiger partial charge in [0.2, 0.25) is 5.91 Å². The van der Waals surface area contributed by atoms with Crippen molar-refractivity contribution in [3.05, 3.63) is 47.3 Å². The fourth-order valence-electron chi connectivity index (χ4n) is 5.11. The first-order valence-corrected chi connectivity index (χ1v) is 12.8. The van der Waals surface area contributed by atoms with Crippen LogP contribution in [-0.4, -0.2) is 76.4 Å². The summed E-state index contributed by atoms with van der Waals surface area (Å²) >= 11 is 0. The van der Waals surface area contributed by atoms with Crippen LogP contribution in [0.3, 0.4) is 0 Å². The molecule has 1 spiro atoms. The number of morpholine rings is 1. The predicted molar refractivity (Wildman–Crippen MR) is 133 cm³/mol. The molecule has 8 nitrogen and oxygen atoms in total. The van der Waals surface area contributed by atoms with Crippen molar-refractivity contribution in [2.75, 3.05) is 39.4 Å². The molecule has 2 aliphatic rings. The number of aryl methyl sites for hydroxylation is 3. The number of para-hydroxylation sites is 1. The second kappa shape index (κ2) is 11.2. The van der Waals surface area contributed by atoms with Crippen molar-refractivity contribution in [3.8, 4) is 5.75 Å². The normalized spacial score (nSPS) is 21.7. The van der Waals surface area contributed by atoms with E-state index in [1.165, 1.54) is 5.56 Å². The Morgan fingerprint density at radius 2 is 2.00 bits per heavy atom. The summed E-state index contributed by atoms with van der Waals surface area (Å²) in [6, 6.07) is 8.14. The van der Waals surface area contributed by atoms with Crippen LogP contribution in [0.15, 0.2) is 30.5 Å². The maximum atomic E-state index is 13.8. The van der Waals surface area contributed by atoms with Crippen molar-refractivity contribution in [2.24, 2.45) is 7.05 Å². The molecule has 0 radical (unpaired) electrons. The SMILES string of the molecule is CCN1CCOc2ccccc2CCCCC2(CN(C(=O)CCc3cnn(C)c3C)CCO2)C1=O. The lowest BCUT2D eigenvalue weighted by molar-refractivity contribution is -0.176. The molecule has 1 aromatic heterocycles. The molecular formula is C27H38N4O4. The number of amides is 2. The van der Waals surface area contributed by atoms with Crippen molar-refractivity contribution in [1.29, 1.82) is 0 Å². The number of carbonyl (C=O) groups is 2. The maximum absolute atomic E-state index is 13.8. The van der Waals surface area contributed by atoms with Gasteiger partial charge in [0, 0.05) is 32.3 Å². The molecule has 2 aliphatic heterocycles. The molecule has 4 rings (SSSR count). The lowest BCUT2D eigenvalue weighted by Gasteiger charge is -2.44. The van der Waals surface area contributed by atoms with Crippen LogP contribution in [-0.2, 0) is 34.2 Å². The largest absolute Gasteiger partial charge is 0.491 e. The van der Waals surface area contributed by atoms with Crippen LogP contribution < -0.4 is 4.74 Å². The summed E-state index contributed by atoms with van der Waals surface area (Å²) in [4.78, 5) is 30.6. The van der Waals surface area contributed by atoms with E-state index in [0.717, 1.165) is 36.3 Å². The van der Waals surface area contributed by atoms with E-state index in [1.54, 1.807) is 0 Å². The summed E-state index contributed by atoms with van der Waals surface area (Å²) in [6.45, 7) is 6.69. The third-order valence-corrected chi connectivity index (χ3v) is 7.41. The summed E-state index contributed by atoms with van der Waals surface area (Å²) in [7, 11) is 1.91. The van der Waals surface area contributed by atoms with Crippen molar-refractivity contribution < 1.29 is 19.1 Å². The molecule has 1 unspecified atom stereocenters. The number of rotatable bonds is 4. The molecule has 1 fully saturated rings. The van der Waals surface area contributed by atoms with E-state index in [9.17, 15) is 9.59 Å². The summed E-state index contributed by atoms with van der Waals surface area (Å²) in [6.07, 6.45) is 6.16. The highest BCUT2D eigenvalue weighted by Gasteiger charge is 2.46. The molecule has 0 saturated carbocycles. The van der Waals surface area contributed by atoms with E-state index in [0.29, 0.717) is 58.7 Å². The Morgan fingerprint density at radius 3 is 2.77 bits per heavy atom. The minimum Gasteiger partial charge on any atom is -0.491 e. The first-order chi connectivity index (χ1) is 16.9. The van der Waals surface area contributed by atoms with Crippen molar-refractivity contribution >= 4 is 11.8 Å². The highest BCUT2D eigenvalue weighted by atomic mass is 16.5. The standard InChI is InChI=1S/C27H38N4O4/c1-4-30-15-17-34-24-11-6-5-9-22(24)10-7-8-14-27(26(30)33)20-31(16-18-35-27)25(32)13-12-23-19-28-29(3)21(23)2/h5-6,9,11,19H,4,7-8,10,12-18,20H2,1-3H3. The molecule has 0 aliphatic carbocycles. The first kappa shape index (κ1) is 25.2. The van der Waals surface area contributed by atoms with Gasteiger partial charge >= 0.3 is 0 Å². The number of likely N-dealkylation sites (N-methyl/N-ethyl adjacent to an activating group) is 1. The summed E-state index contributed by atoms with van der Waals surface area (Å²) in [5, 5.41) is 4.28. The van der Waals surface area contributed by atoms with Gasteiger partial charge < -0.3 is 19.3 Å². The van der Waals surface area contributed by atoms with Gasteiger partial charge in [0.25, 0.3) is 5.91 Å². The molecule has 35 heavy (non-hydrogen) atoms. The van der Waals surface area contributed by atoms with Gasteiger partial charge in [0.1, 0.15) is 12.4 Å². The van der Waals surface area contributed by atoms with Gasteiger partial charge in [0.15, 0.2) is 5.60 Å². The van der Waals surface area contributed by atoms with Gasteiger partial charge in [-0.15, -0.1) is 0 Å². The van der Waals surface area contributed by atoms with E-state index in [-0.39, 0.29) is 11.8 Å². The monoisotopic (exact) mass is 482 g/mol. The molecule has 2 amide bonds. The molecule has 0 N–H and O–H groups in total. The maximum Gasteiger partial charge on any atom is 0.256 e. The van der Waals surface area contributed by atoms with Crippen LogP contribution in [0.2, 0.25) is 0 Å². The minimum absolute atomic E-state index is 0.0296. The molecule has 8 heteroatoms. The third kappa shape index (κ3) is 5.69. The highest BCUT2D eigenvalue weighted by Crippen LogP contribution is 2.30. The smallest absolute Gasteiger partial charge is 0.256 e. The lowest BCUT2D eigenvalue weighted by Crippen LogP contribution is -2.62. The zero-order valence-corrected chi connectivity index (χ0v) is 21.3. The fraction of sp³-hybridized carbons (Fsp3) is 0.593. The predicted octanol–water partition coefficient (Wildman–Crippen LogP) is 2.91. The van der Waals surface area contributed by atoms with Crippen LogP contribution in [0.5, 0.6) is 5.75 Å². The van der Waals surface area contributed by atoms with Crippen LogP contribution in [0.4, 0.5) is 0 Å². The second-order valence-corrected chi connectivity index (χ2v) is 9.58. The van der Waals surface area contributed by atoms with Crippen molar-refractivity contribution in [1.82, 2.24) is 19.6 Å². The number of carbonyl (C=O) groups excluding carboxylic acids is 2. The molecule has 1 atom stereocenters. The van der Waals surface area contributed by atoms with Gasteiger partial charge in [-0.25, -0.2) is 0 Å². The van der Waals surface area contributed by atoms with Crippen molar-refractivity contribution in [3.63, 3.8) is 0 Å². The van der Waals surface area contributed by atoms with Crippen LogP contribution >= 0.6 is 0 Å². The van der Waals surface area contributed by atoms with E-state index in [2.05, 4.69) is 11.2 Å². The molecule has 1 saturated heterocycles. The average molecular weight is 483 g/mol. The van der Waals surface area contributed by atoms with Crippen LogP contribution in [0.25, 0.3) is 0 Å². The number of ether oxygens (including phenoxy) is 2. The molecule has 3 heterocycles. The van der Waals surface area contributed by atoms with E-state index >= 15 is 0 Å². The number of hydrogen-bond acceptors (Lipinski definition) is 5. The fourth-order valence-corrected chi connectivity index (χ4v) is 5.11. The molecular weight excluding hydrogens is 444 g/mol. The summed E-state index contributed by atoms with van der Waals surface area (Å²) in [5.74, 6) is 0.939. The van der Waals surface area contributed by atoms with Crippen molar-refractivity contribution in [2.45, 2.75) is 58.0 Å². The number of nitrogens with zero attached hydrogens (tertiary/aromatic N) is 4. The van der Waals surface area contributed by atoms with Gasteiger partial charge in [-0.3, -0.25) is 14.3 Å². The van der Waals surface area contributed by atoms with Gasteiger partial charge in [-0.05, 0) is 63.1 Å². The Morgan fingerprint density at radius 1 is 1.17 bits per heavy atom. The Hall–Kier alpha value is -2.87. The molecule has 0 bridgehead atoms. The van der Waals surface area contributed by atoms with Gasteiger partial charge in [0.05, 0.1) is 25.9 Å². The number of fused-ring (bicyclic) bond motifs is 1. The average Bonchev–Trinajstić information content (AvgIpc) is 3.20. The summed E-state index contributed by atoms with van der Waals surface area (Å²) in [5.41, 5.74) is 2.37. The zero-order chi connectivity index (χ0) is 24.8. The molecule has 190 valence electrons. The van der Waals surface area contributed by atoms with Crippen LogP contribution in [0.1, 0.15) is 49.4 Å². The van der Waals surface area contributed by atoms with E-state index in [1.807, 2.05) is 59.8 Å². The minimum atomic E-state index is -0.993. The molecule has 2 aromatic rings. The Kier molecular flexibility index (Phi) is 8.11. The number of hydrogen-bond donors (Lipinski definition) is 0. The van der Waals surface area contributed by atoms with E-state index < -0.39 is 5.60 Å². The number of aromatic nitrogens is 2. The highest BCUT2D eigenvalue weighted by molar-refractivity contribution is 5.87. The topological polar surface area (TPSA) is 76.9 Å². The zero-order valence-electron chi connectivity index (χ0n) is 21.3. The second-order valence-electron chi connectivity index (χ2n) is 9.58.